The van der Waals surface area contributed by atoms with Crippen LogP contribution in [0, 0.1) is 6.92 Å². The van der Waals surface area contributed by atoms with Crippen LogP contribution in [0.25, 0.3) is 0 Å². The molecule has 0 aliphatic heterocycles. The van der Waals surface area contributed by atoms with Gasteiger partial charge in [-0.15, -0.1) is 0 Å². The van der Waals surface area contributed by atoms with Gasteiger partial charge in [-0.1, -0.05) is 32.6 Å². The lowest BCUT2D eigenvalue weighted by Crippen LogP contribution is -2.47. The van der Waals surface area contributed by atoms with E-state index < -0.39 is 5.60 Å². The van der Waals surface area contributed by atoms with Gasteiger partial charge in [0.1, 0.15) is 11.4 Å². The molecule has 1 amide bonds. The summed E-state index contributed by atoms with van der Waals surface area (Å²) in [4.78, 5) is 12.8. The Hall–Kier alpha value is -1.55. The van der Waals surface area contributed by atoms with Gasteiger partial charge >= 0.3 is 0 Å². The summed E-state index contributed by atoms with van der Waals surface area (Å²) < 4.78 is 11.7. The highest BCUT2D eigenvalue weighted by Gasteiger charge is 2.40. The van der Waals surface area contributed by atoms with Crippen LogP contribution in [0.2, 0.25) is 0 Å². The van der Waals surface area contributed by atoms with Gasteiger partial charge in [0.2, 0.25) is 0 Å². The maximum absolute atomic E-state index is 12.8. The summed E-state index contributed by atoms with van der Waals surface area (Å²) in [7, 11) is 0. The highest BCUT2D eigenvalue weighted by atomic mass is 16.5. The van der Waals surface area contributed by atoms with Gasteiger partial charge in [-0.3, -0.25) is 4.79 Å². The predicted molar refractivity (Wildman–Crippen MR) is 97.7 cm³/mol. The summed E-state index contributed by atoms with van der Waals surface area (Å²) in [6.45, 7) is 7.41. The van der Waals surface area contributed by atoms with Crippen molar-refractivity contribution in [2.45, 2.75) is 71.3 Å². The summed E-state index contributed by atoms with van der Waals surface area (Å²) in [5, 5.41) is 3.05. The number of ether oxygens (including phenoxy) is 2. The van der Waals surface area contributed by atoms with Crippen LogP contribution in [0.15, 0.2) is 18.2 Å². The number of amides is 1. The van der Waals surface area contributed by atoms with Crippen molar-refractivity contribution in [2.75, 3.05) is 18.5 Å². The van der Waals surface area contributed by atoms with Gasteiger partial charge in [0, 0.05) is 12.3 Å². The van der Waals surface area contributed by atoms with E-state index in [1.165, 1.54) is 6.42 Å². The molecule has 1 aromatic carbocycles. The Morgan fingerprint density at radius 3 is 2.58 bits per heavy atom. The SMILES string of the molecule is CCCCOc1ccc(NC(=O)C2(OCC)CCCCC2)cc1C. The van der Waals surface area contributed by atoms with Crippen molar-refractivity contribution in [3.63, 3.8) is 0 Å². The molecule has 0 saturated heterocycles. The maximum Gasteiger partial charge on any atom is 0.256 e. The third-order valence-electron chi connectivity index (χ3n) is 4.68. The second-order valence-electron chi connectivity index (χ2n) is 6.62. The summed E-state index contributed by atoms with van der Waals surface area (Å²) in [6.07, 6.45) is 7.08. The first-order valence-corrected chi connectivity index (χ1v) is 9.30. The first-order chi connectivity index (χ1) is 11.6. The Morgan fingerprint density at radius 1 is 1.21 bits per heavy atom. The number of benzene rings is 1. The number of hydrogen-bond acceptors (Lipinski definition) is 3. The van der Waals surface area contributed by atoms with Crippen molar-refractivity contribution in [3.8, 4) is 5.75 Å². The second kappa shape index (κ2) is 9.07. The lowest BCUT2D eigenvalue weighted by atomic mass is 9.83. The number of nitrogens with one attached hydrogen (secondary N) is 1. The van der Waals surface area contributed by atoms with E-state index in [2.05, 4.69) is 12.2 Å². The minimum Gasteiger partial charge on any atom is -0.493 e. The molecule has 0 spiro atoms. The van der Waals surface area contributed by atoms with E-state index in [9.17, 15) is 4.79 Å². The quantitative estimate of drug-likeness (QED) is 0.692. The van der Waals surface area contributed by atoms with Gasteiger partial charge in [-0.05, 0) is 56.9 Å². The summed E-state index contributed by atoms with van der Waals surface area (Å²) in [5.74, 6) is 0.877. The van der Waals surface area contributed by atoms with Crippen LogP contribution in [-0.4, -0.2) is 24.7 Å². The van der Waals surface area contributed by atoms with Crippen LogP contribution in [0.4, 0.5) is 5.69 Å². The van der Waals surface area contributed by atoms with E-state index >= 15 is 0 Å². The first kappa shape index (κ1) is 18.8. The van der Waals surface area contributed by atoms with E-state index in [1.54, 1.807) is 0 Å². The first-order valence-electron chi connectivity index (χ1n) is 9.30. The van der Waals surface area contributed by atoms with Crippen LogP contribution < -0.4 is 10.1 Å². The molecule has 24 heavy (non-hydrogen) atoms. The Bertz CT molecular complexity index is 530. The number of carbonyl (C=O) groups excluding carboxylic acids is 1. The number of unbranched alkanes of at least 4 members (excludes halogenated alkanes) is 1. The van der Waals surface area contributed by atoms with Crippen molar-refractivity contribution < 1.29 is 14.3 Å². The van der Waals surface area contributed by atoms with E-state index in [-0.39, 0.29) is 5.91 Å². The molecule has 4 heteroatoms. The van der Waals surface area contributed by atoms with E-state index in [1.807, 2.05) is 32.0 Å². The second-order valence-corrected chi connectivity index (χ2v) is 6.62. The van der Waals surface area contributed by atoms with Crippen LogP contribution in [0.3, 0.4) is 0 Å². The lowest BCUT2D eigenvalue weighted by molar-refractivity contribution is -0.145. The van der Waals surface area contributed by atoms with Crippen molar-refractivity contribution in [2.24, 2.45) is 0 Å². The van der Waals surface area contributed by atoms with Crippen LogP contribution >= 0.6 is 0 Å². The highest BCUT2D eigenvalue weighted by Crippen LogP contribution is 2.33. The molecule has 0 bridgehead atoms. The molecule has 2 rings (SSSR count). The fraction of sp³-hybridized carbons (Fsp3) is 0.650. The number of rotatable bonds is 8. The lowest BCUT2D eigenvalue weighted by Gasteiger charge is -2.35. The zero-order valence-corrected chi connectivity index (χ0v) is 15.3. The van der Waals surface area contributed by atoms with Crippen LogP contribution in [0.5, 0.6) is 5.75 Å². The van der Waals surface area contributed by atoms with Gasteiger partial charge in [-0.2, -0.15) is 0 Å². The molecular weight excluding hydrogens is 302 g/mol. The molecule has 0 unspecified atom stereocenters. The topological polar surface area (TPSA) is 47.6 Å². The average molecular weight is 333 g/mol. The molecule has 4 nitrogen and oxygen atoms in total. The molecule has 0 radical (unpaired) electrons. The molecule has 1 aliphatic carbocycles. The molecule has 1 fully saturated rings. The summed E-state index contributed by atoms with van der Waals surface area (Å²) >= 11 is 0. The molecule has 0 heterocycles. The van der Waals surface area contributed by atoms with Crippen molar-refractivity contribution >= 4 is 11.6 Å². The van der Waals surface area contributed by atoms with E-state index in [0.29, 0.717) is 6.61 Å². The molecular formula is C20H31NO3. The molecule has 1 saturated carbocycles. The minimum absolute atomic E-state index is 0.0110. The maximum atomic E-state index is 12.8. The number of anilines is 1. The number of hydrogen-bond donors (Lipinski definition) is 1. The van der Waals surface area contributed by atoms with E-state index in [0.717, 1.165) is 62.1 Å². The number of aryl methyl sites for hydroxylation is 1. The average Bonchev–Trinajstić information content (AvgIpc) is 2.58. The monoisotopic (exact) mass is 333 g/mol. The smallest absolute Gasteiger partial charge is 0.256 e. The Labute approximate surface area is 145 Å². The predicted octanol–water partition coefficient (Wildman–Crippen LogP) is 4.85. The van der Waals surface area contributed by atoms with Crippen molar-refractivity contribution in [1.29, 1.82) is 0 Å². The zero-order valence-electron chi connectivity index (χ0n) is 15.3. The fourth-order valence-corrected chi connectivity index (χ4v) is 3.30. The molecule has 0 aromatic heterocycles. The van der Waals surface area contributed by atoms with E-state index in [4.69, 9.17) is 9.47 Å². The molecule has 1 N–H and O–H groups in total. The van der Waals surface area contributed by atoms with Crippen molar-refractivity contribution in [3.05, 3.63) is 23.8 Å². The molecule has 1 aliphatic rings. The van der Waals surface area contributed by atoms with Crippen LogP contribution in [0.1, 0.15) is 64.4 Å². The highest BCUT2D eigenvalue weighted by molar-refractivity contribution is 5.97. The standard InChI is InChI=1S/C20H31NO3/c1-4-6-14-23-18-11-10-17(15-16(18)3)21-19(22)20(24-5-2)12-8-7-9-13-20/h10-11,15H,4-9,12-14H2,1-3H3,(H,21,22). The molecule has 0 atom stereocenters. The summed E-state index contributed by atoms with van der Waals surface area (Å²) in [6, 6.07) is 5.82. The Morgan fingerprint density at radius 2 is 1.96 bits per heavy atom. The van der Waals surface area contributed by atoms with Gasteiger partial charge in [-0.25, -0.2) is 0 Å². The zero-order chi connectivity index (χ0) is 17.4. The fourth-order valence-electron chi connectivity index (χ4n) is 3.30. The van der Waals surface area contributed by atoms with Gasteiger partial charge in [0.05, 0.1) is 6.61 Å². The Balaban J connectivity index is 2.03. The normalized spacial score (nSPS) is 16.6. The summed E-state index contributed by atoms with van der Waals surface area (Å²) in [5.41, 5.74) is 1.19. The van der Waals surface area contributed by atoms with Crippen molar-refractivity contribution in [1.82, 2.24) is 0 Å². The van der Waals surface area contributed by atoms with Crippen LogP contribution in [-0.2, 0) is 9.53 Å². The number of carbonyl (C=O) groups is 1. The van der Waals surface area contributed by atoms with Gasteiger partial charge in [0.25, 0.3) is 5.91 Å². The Kier molecular flexibility index (Phi) is 7.10. The largest absolute Gasteiger partial charge is 0.493 e. The third-order valence-corrected chi connectivity index (χ3v) is 4.68. The third kappa shape index (κ3) is 4.73. The minimum atomic E-state index is -0.656. The molecule has 134 valence electrons. The van der Waals surface area contributed by atoms with Gasteiger partial charge < -0.3 is 14.8 Å². The molecule has 1 aromatic rings. The van der Waals surface area contributed by atoms with Gasteiger partial charge in [0.15, 0.2) is 0 Å².